The van der Waals surface area contributed by atoms with E-state index in [1.807, 2.05) is 6.07 Å². The lowest BCUT2D eigenvalue weighted by atomic mass is 9.93. The Balaban J connectivity index is 2.88. The van der Waals surface area contributed by atoms with Crippen LogP contribution in [0.25, 0.3) is 0 Å². The highest BCUT2D eigenvalue weighted by atomic mass is 32.2. The van der Waals surface area contributed by atoms with E-state index in [2.05, 4.69) is 0 Å². The fourth-order valence-corrected chi connectivity index (χ4v) is 3.08. The maximum Gasteiger partial charge on any atom is 0.308 e. The zero-order valence-electron chi connectivity index (χ0n) is 6.80. The van der Waals surface area contributed by atoms with E-state index in [9.17, 15) is 13.2 Å². The summed E-state index contributed by atoms with van der Waals surface area (Å²) < 4.78 is 22.1. The minimum Gasteiger partial charge on any atom is -0.481 e. The molecule has 0 amide bonds. The maximum atomic E-state index is 11.1. The number of rotatable bonds is 1. The minimum atomic E-state index is -3.25. The van der Waals surface area contributed by atoms with Gasteiger partial charge in [0.15, 0.2) is 9.84 Å². The molecule has 1 fully saturated rings. The van der Waals surface area contributed by atoms with Crippen LogP contribution in [0.3, 0.4) is 0 Å². The lowest BCUT2D eigenvalue weighted by Gasteiger charge is -2.22. The van der Waals surface area contributed by atoms with Crippen LogP contribution in [-0.2, 0) is 14.6 Å². The van der Waals surface area contributed by atoms with Crippen molar-refractivity contribution >= 4 is 15.8 Å². The van der Waals surface area contributed by atoms with E-state index < -0.39 is 33.4 Å². The third kappa shape index (κ3) is 2.18. The number of nitrogens with zero attached hydrogens (tertiary/aromatic N) is 1. The van der Waals surface area contributed by atoms with Gasteiger partial charge in [0, 0.05) is 0 Å². The normalized spacial score (nSPS) is 31.9. The van der Waals surface area contributed by atoms with E-state index in [-0.39, 0.29) is 12.2 Å². The van der Waals surface area contributed by atoms with Gasteiger partial charge in [0.25, 0.3) is 0 Å². The van der Waals surface area contributed by atoms with Crippen molar-refractivity contribution in [1.82, 2.24) is 0 Å². The largest absolute Gasteiger partial charge is 0.481 e. The number of sulfone groups is 1. The van der Waals surface area contributed by atoms with Gasteiger partial charge in [-0.1, -0.05) is 0 Å². The smallest absolute Gasteiger partial charge is 0.308 e. The Morgan fingerprint density at radius 1 is 1.54 bits per heavy atom. The Labute approximate surface area is 75.9 Å². The molecule has 1 rings (SSSR count). The molecule has 0 saturated carbocycles. The predicted molar refractivity (Wildman–Crippen MR) is 43.5 cm³/mol. The van der Waals surface area contributed by atoms with Crippen LogP contribution in [0.5, 0.6) is 0 Å². The summed E-state index contributed by atoms with van der Waals surface area (Å²) in [6.07, 6.45) is 0.135. The number of carbonyl (C=O) groups is 1. The summed E-state index contributed by atoms with van der Waals surface area (Å²) in [7, 11) is -3.25. The molecule has 1 aliphatic heterocycles. The Morgan fingerprint density at radius 3 is 2.62 bits per heavy atom. The average molecular weight is 203 g/mol. The molecule has 1 N–H and O–H groups in total. The topological polar surface area (TPSA) is 95.2 Å². The molecule has 0 aromatic carbocycles. The highest BCUT2D eigenvalue weighted by Crippen LogP contribution is 2.24. The number of carboxylic acids is 1. The van der Waals surface area contributed by atoms with Crippen molar-refractivity contribution in [3.63, 3.8) is 0 Å². The second kappa shape index (κ2) is 3.34. The number of aliphatic carboxylic acids is 1. The SMILES string of the molecule is N#CC1CCS(=O)(=O)CC1C(=O)O. The summed E-state index contributed by atoms with van der Waals surface area (Å²) in [5.41, 5.74) is 0. The van der Waals surface area contributed by atoms with E-state index in [1.54, 1.807) is 0 Å². The van der Waals surface area contributed by atoms with E-state index in [1.165, 1.54) is 0 Å². The fraction of sp³-hybridized carbons (Fsp3) is 0.714. The Hall–Kier alpha value is -1.09. The minimum absolute atomic E-state index is 0.0744. The van der Waals surface area contributed by atoms with E-state index in [0.29, 0.717) is 0 Å². The molecule has 6 heteroatoms. The van der Waals surface area contributed by atoms with Crippen molar-refractivity contribution in [1.29, 1.82) is 5.26 Å². The second-order valence-corrected chi connectivity index (χ2v) is 5.31. The van der Waals surface area contributed by atoms with Gasteiger partial charge < -0.3 is 5.11 Å². The van der Waals surface area contributed by atoms with Gasteiger partial charge in [-0.2, -0.15) is 5.26 Å². The van der Waals surface area contributed by atoms with Gasteiger partial charge in [-0.3, -0.25) is 4.79 Å². The van der Waals surface area contributed by atoms with Crippen LogP contribution in [0.15, 0.2) is 0 Å². The zero-order valence-corrected chi connectivity index (χ0v) is 7.62. The highest BCUT2D eigenvalue weighted by Gasteiger charge is 2.37. The van der Waals surface area contributed by atoms with Crippen LogP contribution < -0.4 is 0 Å². The highest BCUT2D eigenvalue weighted by molar-refractivity contribution is 7.91. The van der Waals surface area contributed by atoms with Crippen molar-refractivity contribution in [2.75, 3.05) is 11.5 Å². The maximum absolute atomic E-state index is 11.1. The molecule has 0 radical (unpaired) electrons. The van der Waals surface area contributed by atoms with Gasteiger partial charge in [0.2, 0.25) is 0 Å². The summed E-state index contributed by atoms with van der Waals surface area (Å²) in [5.74, 6) is -3.39. The van der Waals surface area contributed by atoms with Crippen molar-refractivity contribution < 1.29 is 18.3 Å². The summed E-state index contributed by atoms with van der Waals surface area (Å²) >= 11 is 0. The number of carboxylic acid groups (broad SMARTS) is 1. The predicted octanol–water partition coefficient (Wildman–Crippen LogP) is -0.355. The van der Waals surface area contributed by atoms with Crippen LogP contribution >= 0.6 is 0 Å². The van der Waals surface area contributed by atoms with Crippen LogP contribution in [0, 0.1) is 23.2 Å². The van der Waals surface area contributed by atoms with Gasteiger partial charge in [0.1, 0.15) is 0 Å². The zero-order chi connectivity index (χ0) is 10.1. The summed E-state index contributed by atoms with van der Waals surface area (Å²) in [6.45, 7) is 0. The van der Waals surface area contributed by atoms with Gasteiger partial charge >= 0.3 is 5.97 Å². The van der Waals surface area contributed by atoms with Crippen LogP contribution in [0.2, 0.25) is 0 Å². The Kier molecular flexibility index (Phi) is 2.57. The van der Waals surface area contributed by atoms with Gasteiger partial charge in [0.05, 0.1) is 29.4 Å². The molecule has 2 unspecified atom stereocenters. The fourth-order valence-electron chi connectivity index (χ4n) is 1.38. The molecule has 1 aliphatic rings. The van der Waals surface area contributed by atoms with Crippen molar-refractivity contribution in [3.8, 4) is 6.07 Å². The van der Waals surface area contributed by atoms with Crippen molar-refractivity contribution in [2.24, 2.45) is 11.8 Å². The average Bonchev–Trinajstić information content (AvgIpc) is 2.03. The van der Waals surface area contributed by atoms with Gasteiger partial charge in [-0.25, -0.2) is 8.42 Å². The van der Waals surface area contributed by atoms with E-state index in [4.69, 9.17) is 10.4 Å². The summed E-state index contributed by atoms with van der Waals surface area (Å²) in [6, 6.07) is 1.83. The molecule has 0 aromatic heterocycles. The second-order valence-electron chi connectivity index (χ2n) is 3.08. The molecule has 0 aromatic rings. The molecule has 5 nitrogen and oxygen atoms in total. The van der Waals surface area contributed by atoms with Gasteiger partial charge in [-0.05, 0) is 6.42 Å². The van der Waals surface area contributed by atoms with Crippen LogP contribution in [-0.4, -0.2) is 31.0 Å². The molecule has 72 valence electrons. The molecule has 1 saturated heterocycles. The monoisotopic (exact) mass is 203 g/mol. The van der Waals surface area contributed by atoms with E-state index >= 15 is 0 Å². The summed E-state index contributed by atoms with van der Waals surface area (Å²) in [5, 5.41) is 17.2. The number of nitriles is 1. The molecule has 0 aliphatic carbocycles. The molecule has 1 heterocycles. The molecule has 0 spiro atoms. The Bertz CT molecular complexity index is 353. The van der Waals surface area contributed by atoms with E-state index in [0.717, 1.165) is 0 Å². The lowest BCUT2D eigenvalue weighted by molar-refractivity contribution is -0.142. The molecule has 13 heavy (non-hydrogen) atoms. The van der Waals surface area contributed by atoms with Crippen molar-refractivity contribution in [2.45, 2.75) is 6.42 Å². The van der Waals surface area contributed by atoms with Crippen LogP contribution in [0.4, 0.5) is 0 Å². The first-order chi connectivity index (χ1) is 5.96. The summed E-state index contributed by atoms with van der Waals surface area (Å²) in [4.78, 5) is 10.6. The molecule has 0 bridgehead atoms. The molecular formula is C7H9NO4S. The quantitative estimate of drug-likeness (QED) is 0.628. The first-order valence-electron chi connectivity index (χ1n) is 3.79. The molecule has 2 atom stereocenters. The van der Waals surface area contributed by atoms with Gasteiger partial charge in [-0.15, -0.1) is 0 Å². The van der Waals surface area contributed by atoms with Crippen LogP contribution in [0.1, 0.15) is 6.42 Å². The number of hydrogen-bond donors (Lipinski definition) is 1. The first kappa shape index (κ1) is 9.99. The van der Waals surface area contributed by atoms with Crippen molar-refractivity contribution in [3.05, 3.63) is 0 Å². The number of hydrogen-bond acceptors (Lipinski definition) is 4. The molecular weight excluding hydrogens is 194 g/mol. The Morgan fingerprint density at radius 2 is 2.15 bits per heavy atom. The lowest BCUT2D eigenvalue weighted by Crippen LogP contribution is -2.36. The first-order valence-corrected chi connectivity index (χ1v) is 5.61. The third-order valence-corrected chi connectivity index (χ3v) is 3.87. The third-order valence-electron chi connectivity index (χ3n) is 2.14. The standard InChI is InChI=1S/C7H9NO4S/c8-3-5-1-2-13(11,12)4-6(5)7(9)10/h5-6H,1-2,4H2,(H,9,10).